The average molecular weight is 262 g/mol. The molecule has 2 rings (SSSR count). The van der Waals surface area contributed by atoms with Crippen molar-refractivity contribution < 1.29 is 9.18 Å². The molecule has 3 nitrogen and oxygen atoms in total. The molecule has 1 saturated heterocycles. The molecule has 1 heterocycles. The molecule has 1 aromatic carbocycles. The van der Waals surface area contributed by atoms with Gasteiger partial charge in [0.2, 0.25) is 5.91 Å². The van der Waals surface area contributed by atoms with Gasteiger partial charge in [-0.2, -0.15) is 0 Å². The van der Waals surface area contributed by atoms with E-state index >= 15 is 0 Å². The SMILES string of the molecule is CN(C(=O)/C=C/c1ccccc1F)C1CCNCC1. The Kier molecular flexibility index (Phi) is 4.68. The molecule has 0 atom stereocenters. The number of halogens is 1. The normalized spacial score (nSPS) is 16.7. The number of benzene rings is 1. The minimum absolute atomic E-state index is 0.0739. The van der Waals surface area contributed by atoms with Crippen LogP contribution in [0.5, 0.6) is 0 Å². The maximum atomic E-state index is 13.4. The Bertz CT molecular complexity index is 467. The lowest BCUT2D eigenvalue weighted by molar-refractivity contribution is -0.127. The fourth-order valence-electron chi connectivity index (χ4n) is 2.26. The molecule has 1 amide bonds. The van der Waals surface area contributed by atoms with Gasteiger partial charge in [0.05, 0.1) is 0 Å². The molecule has 0 unspecified atom stereocenters. The number of carbonyl (C=O) groups is 1. The number of amides is 1. The quantitative estimate of drug-likeness (QED) is 0.846. The molecule has 1 aliphatic rings. The second-order valence-corrected chi connectivity index (χ2v) is 4.79. The number of rotatable bonds is 3. The van der Waals surface area contributed by atoms with Crippen molar-refractivity contribution in [2.75, 3.05) is 20.1 Å². The summed E-state index contributed by atoms with van der Waals surface area (Å²) in [4.78, 5) is 13.8. The topological polar surface area (TPSA) is 32.3 Å². The fourth-order valence-corrected chi connectivity index (χ4v) is 2.26. The van der Waals surface area contributed by atoms with Crippen LogP contribution in [-0.4, -0.2) is 37.0 Å². The zero-order chi connectivity index (χ0) is 13.7. The average Bonchev–Trinajstić information content (AvgIpc) is 2.46. The Hall–Kier alpha value is -1.68. The van der Waals surface area contributed by atoms with Crippen molar-refractivity contribution in [1.29, 1.82) is 0 Å². The van der Waals surface area contributed by atoms with Gasteiger partial charge in [0, 0.05) is 24.7 Å². The predicted molar refractivity (Wildman–Crippen MR) is 74.1 cm³/mol. The van der Waals surface area contributed by atoms with Crippen molar-refractivity contribution in [1.82, 2.24) is 10.2 Å². The summed E-state index contributed by atoms with van der Waals surface area (Å²) in [7, 11) is 1.81. The van der Waals surface area contributed by atoms with Crippen LogP contribution >= 0.6 is 0 Å². The Balaban J connectivity index is 1.98. The van der Waals surface area contributed by atoms with E-state index in [-0.39, 0.29) is 17.8 Å². The first kappa shape index (κ1) is 13.7. The molecule has 1 fully saturated rings. The first-order valence-corrected chi connectivity index (χ1v) is 6.58. The third-order valence-corrected chi connectivity index (χ3v) is 3.51. The van der Waals surface area contributed by atoms with Crippen LogP contribution in [0.1, 0.15) is 18.4 Å². The van der Waals surface area contributed by atoms with E-state index in [1.807, 2.05) is 7.05 Å². The van der Waals surface area contributed by atoms with Crippen LogP contribution in [0, 0.1) is 5.82 Å². The zero-order valence-corrected chi connectivity index (χ0v) is 11.1. The van der Waals surface area contributed by atoms with E-state index in [0.29, 0.717) is 5.56 Å². The van der Waals surface area contributed by atoms with Crippen LogP contribution in [0.25, 0.3) is 6.08 Å². The Morgan fingerprint density at radius 1 is 1.37 bits per heavy atom. The van der Waals surface area contributed by atoms with Crippen LogP contribution in [-0.2, 0) is 4.79 Å². The summed E-state index contributed by atoms with van der Waals surface area (Å²) in [6.07, 6.45) is 4.92. The van der Waals surface area contributed by atoms with E-state index in [1.165, 1.54) is 18.2 Å². The number of piperidine rings is 1. The highest BCUT2D eigenvalue weighted by molar-refractivity contribution is 5.91. The number of likely N-dealkylation sites (N-methyl/N-ethyl adjacent to an activating group) is 1. The van der Waals surface area contributed by atoms with Crippen molar-refractivity contribution in [2.45, 2.75) is 18.9 Å². The molecule has 1 aliphatic heterocycles. The Morgan fingerprint density at radius 3 is 2.74 bits per heavy atom. The van der Waals surface area contributed by atoms with Gasteiger partial charge < -0.3 is 10.2 Å². The molecule has 1 N–H and O–H groups in total. The second kappa shape index (κ2) is 6.48. The van der Waals surface area contributed by atoms with E-state index in [0.717, 1.165) is 25.9 Å². The van der Waals surface area contributed by atoms with Gasteiger partial charge in [-0.1, -0.05) is 18.2 Å². The van der Waals surface area contributed by atoms with E-state index in [9.17, 15) is 9.18 Å². The van der Waals surface area contributed by atoms with Crippen LogP contribution in [0.15, 0.2) is 30.3 Å². The monoisotopic (exact) mass is 262 g/mol. The molecule has 0 aliphatic carbocycles. The highest BCUT2D eigenvalue weighted by Gasteiger charge is 2.20. The molecule has 4 heteroatoms. The van der Waals surface area contributed by atoms with Crippen molar-refractivity contribution in [3.8, 4) is 0 Å². The van der Waals surface area contributed by atoms with Crippen molar-refractivity contribution in [3.63, 3.8) is 0 Å². The standard InChI is InChI=1S/C15H19FN2O/c1-18(13-8-10-17-11-9-13)15(19)7-6-12-4-2-3-5-14(12)16/h2-7,13,17H,8-11H2,1H3/b7-6+. The molecule has 0 aromatic heterocycles. The predicted octanol–water partition coefficient (Wildman–Crippen LogP) is 2.05. The summed E-state index contributed by atoms with van der Waals surface area (Å²) >= 11 is 0. The van der Waals surface area contributed by atoms with Gasteiger partial charge in [0.1, 0.15) is 5.82 Å². The Labute approximate surface area is 113 Å². The van der Waals surface area contributed by atoms with Crippen molar-refractivity contribution in [3.05, 3.63) is 41.7 Å². The number of carbonyl (C=O) groups excluding carboxylic acids is 1. The minimum atomic E-state index is -0.309. The lowest BCUT2D eigenvalue weighted by Gasteiger charge is -2.30. The molecular weight excluding hydrogens is 243 g/mol. The second-order valence-electron chi connectivity index (χ2n) is 4.79. The van der Waals surface area contributed by atoms with Gasteiger partial charge >= 0.3 is 0 Å². The zero-order valence-electron chi connectivity index (χ0n) is 11.1. The summed E-state index contributed by atoms with van der Waals surface area (Å²) < 4.78 is 13.4. The van der Waals surface area contributed by atoms with E-state index in [2.05, 4.69) is 5.32 Å². The summed E-state index contributed by atoms with van der Waals surface area (Å²) in [5, 5.41) is 3.27. The molecular formula is C15H19FN2O. The first-order valence-electron chi connectivity index (χ1n) is 6.58. The highest BCUT2D eigenvalue weighted by atomic mass is 19.1. The first-order chi connectivity index (χ1) is 9.18. The third-order valence-electron chi connectivity index (χ3n) is 3.51. The lowest BCUT2D eigenvalue weighted by Crippen LogP contribution is -2.43. The summed E-state index contributed by atoms with van der Waals surface area (Å²) in [5.41, 5.74) is 0.439. The maximum Gasteiger partial charge on any atom is 0.246 e. The van der Waals surface area contributed by atoms with E-state index in [4.69, 9.17) is 0 Å². The lowest BCUT2D eigenvalue weighted by atomic mass is 10.1. The van der Waals surface area contributed by atoms with Gasteiger partial charge in [-0.3, -0.25) is 4.79 Å². The van der Waals surface area contributed by atoms with Crippen molar-refractivity contribution >= 4 is 12.0 Å². The van der Waals surface area contributed by atoms with Gasteiger partial charge in [-0.05, 0) is 38.1 Å². The fraction of sp³-hybridized carbons (Fsp3) is 0.400. The molecule has 0 bridgehead atoms. The number of hydrogen-bond donors (Lipinski definition) is 1. The van der Waals surface area contributed by atoms with Crippen molar-refractivity contribution in [2.24, 2.45) is 0 Å². The molecule has 1 aromatic rings. The summed E-state index contributed by atoms with van der Waals surface area (Å²) in [6.45, 7) is 1.89. The van der Waals surface area contributed by atoms with Crippen LogP contribution in [0.3, 0.4) is 0 Å². The van der Waals surface area contributed by atoms with Crippen LogP contribution < -0.4 is 5.32 Å². The Morgan fingerprint density at radius 2 is 2.05 bits per heavy atom. The summed E-state index contributed by atoms with van der Waals surface area (Å²) in [5.74, 6) is -0.383. The number of nitrogens with zero attached hydrogens (tertiary/aromatic N) is 1. The van der Waals surface area contributed by atoms with Crippen LogP contribution in [0.4, 0.5) is 4.39 Å². The molecule has 0 saturated carbocycles. The van der Waals surface area contributed by atoms with E-state index in [1.54, 1.807) is 23.1 Å². The molecule has 102 valence electrons. The highest BCUT2D eigenvalue weighted by Crippen LogP contribution is 2.12. The number of hydrogen-bond acceptors (Lipinski definition) is 2. The smallest absolute Gasteiger partial charge is 0.246 e. The largest absolute Gasteiger partial charge is 0.339 e. The van der Waals surface area contributed by atoms with E-state index < -0.39 is 0 Å². The molecule has 0 radical (unpaired) electrons. The van der Waals surface area contributed by atoms with Gasteiger partial charge in [-0.15, -0.1) is 0 Å². The third kappa shape index (κ3) is 3.64. The van der Waals surface area contributed by atoms with Gasteiger partial charge in [0.25, 0.3) is 0 Å². The molecule has 19 heavy (non-hydrogen) atoms. The van der Waals surface area contributed by atoms with Crippen LogP contribution in [0.2, 0.25) is 0 Å². The maximum absolute atomic E-state index is 13.4. The van der Waals surface area contributed by atoms with Gasteiger partial charge in [0.15, 0.2) is 0 Å². The summed E-state index contributed by atoms with van der Waals surface area (Å²) in [6, 6.07) is 6.71. The van der Waals surface area contributed by atoms with Gasteiger partial charge in [-0.25, -0.2) is 4.39 Å². The number of nitrogens with one attached hydrogen (secondary N) is 1. The minimum Gasteiger partial charge on any atom is -0.339 e. The molecule has 0 spiro atoms.